The topological polar surface area (TPSA) is 49.4 Å². The molecule has 2 aromatic rings. The average molecular weight is 376 g/mol. The van der Waals surface area contributed by atoms with Crippen molar-refractivity contribution in [1.82, 2.24) is 0 Å². The van der Waals surface area contributed by atoms with E-state index < -0.39 is 11.6 Å². The van der Waals surface area contributed by atoms with E-state index in [0.29, 0.717) is 11.7 Å². The molecule has 0 aliphatic carbocycles. The molecule has 0 N–H and O–H groups in total. The molecule has 1 atom stereocenters. The van der Waals surface area contributed by atoms with Crippen molar-refractivity contribution < 1.29 is 44.2 Å². The van der Waals surface area contributed by atoms with Crippen LogP contribution in [0.5, 0.6) is 5.75 Å². The summed E-state index contributed by atoms with van der Waals surface area (Å²) in [7, 11) is 0. The van der Waals surface area contributed by atoms with Crippen LogP contribution in [0.15, 0.2) is 48.5 Å². The zero-order valence-electron chi connectivity index (χ0n) is 17.2. The molecule has 0 aliphatic rings. The minimum Gasteiger partial charge on any atom is -0.546 e. The van der Waals surface area contributed by atoms with Crippen molar-refractivity contribution >= 4 is 5.97 Å². The van der Waals surface area contributed by atoms with E-state index in [2.05, 4.69) is 32.9 Å². The van der Waals surface area contributed by atoms with Crippen LogP contribution in [-0.2, 0) is 17.6 Å². The Morgan fingerprint density at radius 3 is 2.30 bits per heavy atom. The minimum atomic E-state index is -1.41. The van der Waals surface area contributed by atoms with Crippen LogP contribution in [0.3, 0.4) is 0 Å². The van der Waals surface area contributed by atoms with E-state index in [1.165, 1.54) is 11.1 Å². The van der Waals surface area contributed by atoms with Gasteiger partial charge in [-0.15, -0.1) is 0 Å². The first-order valence-electron chi connectivity index (χ1n) is 9.42. The molecule has 0 bridgehead atoms. The van der Waals surface area contributed by atoms with Gasteiger partial charge in [-0.05, 0) is 54.5 Å². The number of unbranched alkanes of at least 4 members (excludes halogenated alkanes) is 1. The fourth-order valence-electron chi connectivity index (χ4n) is 3.00. The van der Waals surface area contributed by atoms with Crippen LogP contribution < -0.4 is 39.4 Å². The Morgan fingerprint density at radius 2 is 1.74 bits per heavy atom. The Kier molecular flexibility index (Phi) is 9.58. The van der Waals surface area contributed by atoms with Crippen LogP contribution >= 0.6 is 0 Å². The van der Waals surface area contributed by atoms with Gasteiger partial charge in [-0.1, -0.05) is 63.6 Å². The summed E-state index contributed by atoms with van der Waals surface area (Å²) in [5.74, 6) is -0.241. The summed E-state index contributed by atoms with van der Waals surface area (Å²) in [5.41, 5.74) is 1.95. The first-order valence-corrected chi connectivity index (χ1v) is 9.42. The van der Waals surface area contributed by atoms with Crippen molar-refractivity contribution in [3.63, 3.8) is 0 Å². The van der Waals surface area contributed by atoms with Gasteiger partial charge in [0.05, 0.1) is 5.97 Å². The Morgan fingerprint density at radius 1 is 1.11 bits per heavy atom. The summed E-state index contributed by atoms with van der Waals surface area (Å²) in [6.07, 6.45) is 3.53. The van der Waals surface area contributed by atoms with E-state index in [1.54, 1.807) is 6.92 Å². The maximum absolute atomic E-state index is 11.8. The molecule has 4 heteroatoms. The molecule has 2 aromatic carbocycles. The van der Waals surface area contributed by atoms with Gasteiger partial charge in [-0.25, -0.2) is 0 Å². The van der Waals surface area contributed by atoms with Crippen LogP contribution in [0, 0.1) is 0 Å². The summed E-state index contributed by atoms with van der Waals surface area (Å²) in [6, 6.07) is 15.7. The number of rotatable bonds is 9. The Balaban J connectivity index is 0.00000364. The molecule has 0 saturated carbocycles. The normalized spacial score (nSPS) is 12.9. The third kappa shape index (κ3) is 6.99. The molecule has 3 nitrogen and oxygen atoms in total. The first-order chi connectivity index (χ1) is 12.3. The van der Waals surface area contributed by atoms with Crippen molar-refractivity contribution in [2.75, 3.05) is 0 Å². The van der Waals surface area contributed by atoms with Crippen LogP contribution in [-0.4, -0.2) is 11.6 Å². The first kappa shape index (κ1) is 23.7. The SMILES string of the molecule is CCCCc1cccc(CC(C)(Oc2ccc(C(C)C)cc2)C(=O)[O-])c1.[Na+]. The van der Waals surface area contributed by atoms with Gasteiger partial charge in [0.1, 0.15) is 11.4 Å². The molecule has 0 saturated heterocycles. The number of benzene rings is 2. The fourth-order valence-corrected chi connectivity index (χ4v) is 3.00. The largest absolute Gasteiger partial charge is 1.00 e. The minimum absolute atomic E-state index is 0. The molecule has 2 rings (SSSR count). The molecule has 27 heavy (non-hydrogen) atoms. The standard InChI is InChI=1S/C23H30O3.Na/c1-5-6-8-18-9-7-10-19(15-18)16-23(4,22(24)25)26-21-13-11-20(12-14-21)17(2)3;/h7,9-15,17H,5-6,8,16H2,1-4H3,(H,24,25);/q;+1/p-1. The molecule has 140 valence electrons. The van der Waals surface area contributed by atoms with Crippen molar-refractivity contribution in [2.45, 2.75) is 64.9 Å². The Bertz CT molecular complexity index is 725. The molecular formula is C23H29NaO3. The predicted octanol–water partition coefficient (Wildman–Crippen LogP) is 1.29. The number of aryl methyl sites for hydroxylation is 1. The summed E-state index contributed by atoms with van der Waals surface area (Å²) in [6.45, 7) is 7.98. The maximum Gasteiger partial charge on any atom is 1.00 e. The van der Waals surface area contributed by atoms with Crippen LogP contribution in [0.25, 0.3) is 0 Å². The molecule has 0 aliphatic heterocycles. The molecule has 0 fully saturated rings. The summed E-state index contributed by atoms with van der Waals surface area (Å²) < 4.78 is 5.86. The van der Waals surface area contributed by atoms with Gasteiger partial charge in [0.25, 0.3) is 0 Å². The monoisotopic (exact) mass is 376 g/mol. The van der Waals surface area contributed by atoms with Gasteiger partial charge in [0, 0.05) is 6.42 Å². The fraction of sp³-hybridized carbons (Fsp3) is 0.435. The summed E-state index contributed by atoms with van der Waals surface area (Å²) >= 11 is 0. The number of carboxylic acid groups (broad SMARTS) is 1. The second-order valence-electron chi connectivity index (χ2n) is 7.44. The Hall–Kier alpha value is -1.29. The second kappa shape index (κ2) is 10.9. The van der Waals surface area contributed by atoms with Crippen molar-refractivity contribution in [3.8, 4) is 5.75 Å². The van der Waals surface area contributed by atoms with Gasteiger partial charge in [0.2, 0.25) is 0 Å². The van der Waals surface area contributed by atoms with Crippen molar-refractivity contribution in [2.24, 2.45) is 0 Å². The number of hydrogen-bond acceptors (Lipinski definition) is 3. The zero-order valence-corrected chi connectivity index (χ0v) is 19.2. The van der Waals surface area contributed by atoms with Crippen molar-refractivity contribution in [1.29, 1.82) is 0 Å². The second-order valence-corrected chi connectivity index (χ2v) is 7.44. The van der Waals surface area contributed by atoms with Gasteiger partial charge in [-0.2, -0.15) is 0 Å². The van der Waals surface area contributed by atoms with E-state index >= 15 is 0 Å². The van der Waals surface area contributed by atoms with E-state index in [1.807, 2.05) is 36.4 Å². The number of hydrogen-bond donors (Lipinski definition) is 0. The molecule has 0 amide bonds. The molecule has 1 unspecified atom stereocenters. The maximum atomic E-state index is 11.8. The third-order valence-electron chi connectivity index (χ3n) is 4.67. The van der Waals surface area contributed by atoms with Gasteiger partial charge in [0.15, 0.2) is 0 Å². The zero-order chi connectivity index (χ0) is 19.2. The smallest absolute Gasteiger partial charge is 0.546 e. The Labute approximate surface area is 185 Å². The molecule has 0 aromatic heterocycles. The van der Waals surface area contributed by atoms with Crippen LogP contribution in [0.4, 0.5) is 0 Å². The van der Waals surface area contributed by atoms with E-state index in [0.717, 1.165) is 24.8 Å². The van der Waals surface area contributed by atoms with Gasteiger partial charge in [-0.3, -0.25) is 0 Å². The van der Waals surface area contributed by atoms with Crippen molar-refractivity contribution in [3.05, 3.63) is 65.2 Å². The molecule has 0 radical (unpaired) electrons. The van der Waals surface area contributed by atoms with Gasteiger partial charge >= 0.3 is 29.6 Å². The van der Waals surface area contributed by atoms with E-state index in [-0.39, 0.29) is 36.0 Å². The van der Waals surface area contributed by atoms with E-state index in [9.17, 15) is 9.90 Å². The van der Waals surface area contributed by atoms with Crippen LogP contribution in [0.1, 0.15) is 63.1 Å². The quantitative estimate of drug-likeness (QED) is 0.620. The van der Waals surface area contributed by atoms with Crippen LogP contribution in [0.2, 0.25) is 0 Å². The van der Waals surface area contributed by atoms with E-state index in [4.69, 9.17) is 4.74 Å². The molecular weight excluding hydrogens is 347 g/mol. The summed E-state index contributed by atoms with van der Waals surface area (Å²) in [5, 5.41) is 11.8. The molecule has 0 heterocycles. The number of carboxylic acids is 1. The number of ether oxygens (including phenoxy) is 1. The molecule has 0 spiro atoms. The third-order valence-corrected chi connectivity index (χ3v) is 4.67. The van der Waals surface area contributed by atoms with Gasteiger partial charge < -0.3 is 14.6 Å². The summed E-state index contributed by atoms with van der Waals surface area (Å²) in [4.78, 5) is 11.8. The number of carbonyl (C=O) groups excluding carboxylic acids is 1. The predicted molar refractivity (Wildman–Crippen MR) is 103 cm³/mol. The number of aliphatic carboxylic acids is 1. The average Bonchev–Trinajstić information content (AvgIpc) is 2.60. The number of carbonyl (C=O) groups is 1.